The van der Waals surface area contributed by atoms with E-state index in [9.17, 15) is 4.79 Å². The smallest absolute Gasteiger partial charge is 0.339 e. The van der Waals surface area contributed by atoms with Gasteiger partial charge in [0.05, 0.1) is 0 Å². The van der Waals surface area contributed by atoms with Crippen molar-refractivity contribution in [1.29, 1.82) is 0 Å². The maximum Gasteiger partial charge on any atom is 2.00 e. The van der Waals surface area contributed by atoms with Crippen molar-refractivity contribution in [1.82, 2.24) is 0 Å². The Balaban J connectivity index is 0. The van der Waals surface area contributed by atoms with Crippen molar-refractivity contribution in [3.8, 4) is 0 Å². The summed E-state index contributed by atoms with van der Waals surface area (Å²) in [5.41, 5.74) is 1.07. The number of hydrogen-bond acceptors (Lipinski definition) is 2. The van der Waals surface area contributed by atoms with E-state index in [2.05, 4.69) is 18.8 Å². The quantitative estimate of drug-likeness (QED) is 0.527. The Bertz CT molecular complexity index is 283. The van der Waals surface area contributed by atoms with Crippen LogP contribution in [-0.2, 0) is 4.79 Å². The second kappa shape index (κ2) is 11.4. The first-order valence-electron chi connectivity index (χ1n) is 4.29. The van der Waals surface area contributed by atoms with E-state index in [1.54, 1.807) is 7.05 Å². The van der Waals surface area contributed by atoms with Crippen LogP contribution in [0.3, 0.4) is 0 Å². The molecule has 0 aliphatic heterocycles. The summed E-state index contributed by atoms with van der Waals surface area (Å²) in [5.74, 6) is -0.0920. The number of Topliss-reactive ketones (excluding diaryl/α,β-unsaturated/α-hetero) is 1. The topological polar surface area (TPSA) is 29.4 Å². The third-order valence-corrected chi connectivity index (χ3v) is 1.34. The number of benzene rings is 1. The van der Waals surface area contributed by atoms with Crippen LogP contribution in [0, 0.1) is 45.0 Å². The van der Waals surface area contributed by atoms with Crippen molar-refractivity contribution in [3.05, 3.63) is 49.7 Å². The number of hydrogen-bond donors (Lipinski definition) is 0. The van der Waals surface area contributed by atoms with Crippen LogP contribution in [0.1, 0.15) is 12.0 Å². The second-order valence-corrected chi connectivity index (χ2v) is 2.67. The fraction of sp³-hybridized carbons (Fsp3) is 0.167. The van der Waals surface area contributed by atoms with Crippen LogP contribution in [0.5, 0.6) is 0 Å². The number of nitrogens with zero attached hydrogens (tertiary/aromatic N) is 1. The molecule has 0 unspecified atom stereocenters. The Kier molecular flexibility index (Phi) is 12.8. The molecule has 0 radical (unpaired) electrons. The average molecular weight is 427 g/mol. The van der Waals surface area contributed by atoms with E-state index in [0.717, 1.165) is 5.56 Å². The SMILES string of the molecule is [CH2-]C(=O)CC=NC.[CH2-]c1ccccc1.[U+2]. The second-order valence-electron chi connectivity index (χ2n) is 2.67. The molecule has 0 saturated heterocycles. The molecule has 1 aromatic carbocycles. The van der Waals surface area contributed by atoms with Gasteiger partial charge in [0.25, 0.3) is 0 Å². The van der Waals surface area contributed by atoms with Gasteiger partial charge in [0.15, 0.2) is 0 Å². The van der Waals surface area contributed by atoms with Gasteiger partial charge < -0.3 is 16.7 Å². The van der Waals surface area contributed by atoms with E-state index in [0.29, 0.717) is 6.42 Å². The molecular weight excluding hydrogens is 412 g/mol. The van der Waals surface area contributed by atoms with Gasteiger partial charge in [-0.1, -0.05) is 6.07 Å². The van der Waals surface area contributed by atoms with Gasteiger partial charge in [-0.05, 0) is 0 Å². The summed E-state index contributed by atoms with van der Waals surface area (Å²) in [7, 11) is 1.63. The first-order chi connectivity index (χ1) is 6.66. The molecule has 0 N–H and O–H groups in total. The van der Waals surface area contributed by atoms with Crippen molar-refractivity contribution >= 4 is 12.0 Å². The van der Waals surface area contributed by atoms with Crippen molar-refractivity contribution in [2.24, 2.45) is 4.99 Å². The molecule has 0 aromatic heterocycles. The predicted octanol–water partition coefficient (Wildman–Crippen LogP) is 2.35. The van der Waals surface area contributed by atoms with Crippen molar-refractivity contribution in [3.63, 3.8) is 0 Å². The molecule has 3 heteroatoms. The molecule has 15 heavy (non-hydrogen) atoms. The van der Waals surface area contributed by atoms with E-state index in [4.69, 9.17) is 0 Å². The van der Waals surface area contributed by atoms with Crippen molar-refractivity contribution < 1.29 is 35.9 Å². The van der Waals surface area contributed by atoms with Crippen LogP contribution in [0.25, 0.3) is 0 Å². The minimum atomic E-state index is -0.0920. The van der Waals surface area contributed by atoms with Gasteiger partial charge in [-0.2, -0.15) is 24.6 Å². The van der Waals surface area contributed by atoms with Crippen LogP contribution >= 0.6 is 0 Å². The molecule has 1 aromatic rings. The number of ketones is 1. The van der Waals surface area contributed by atoms with E-state index < -0.39 is 0 Å². The van der Waals surface area contributed by atoms with Crippen LogP contribution < -0.4 is 0 Å². The van der Waals surface area contributed by atoms with Gasteiger partial charge in [0.2, 0.25) is 0 Å². The van der Waals surface area contributed by atoms with Gasteiger partial charge >= 0.3 is 31.1 Å². The first kappa shape index (κ1) is 16.8. The van der Waals surface area contributed by atoms with Gasteiger partial charge in [0, 0.05) is 25.5 Å². The number of carbonyl (C=O) groups is 1. The first-order valence-corrected chi connectivity index (χ1v) is 4.29. The Morgan fingerprint density at radius 2 is 1.93 bits per heavy atom. The van der Waals surface area contributed by atoms with Gasteiger partial charge in [-0.15, -0.1) is 12.1 Å². The zero-order valence-electron chi connectivity index (χ0n) is 8.94. The maximum absolute atomic E-state index is 10.0. The summed E-state index contributed by atoms with van der Waals surface area (Å²) in [6.45, 7) is 6.87. The monoisotopic (exact) mass is 427 g/mol. The fourth-order valence-corrected chi connectivity index (χ4v) is 0.671. The van der Waals surface area contributed by atoms with Gasteiger partial charge in [0.1, 0.15) is 0 Å². The molecule has 0 heterocycles. The Labute approximate surface area is 116 Å². The molecule has 0 fully saturated rings. The predicted molar refractivity (Wildman–Crippen MR) is 60.3 cm³/mol. The zero-order chi connectivity index (χ0) is 10.8. The summed E-state index contributed by atoms with van der Waals surface area (Å²) in [6, 6.07) is 9.87. The molecule has 1 rings (SSSR count). The van der Waals surface area contributed by atoms with Gasteiger partial charge in [-0.25, -0.2) is 0 Å². The Hall–Kier alpha value is -0.648. The summed E-state index contributed by atoms with van der Waals surface area (Å²) >= 11 is 0. The average Bonchev–Trinajstić information content (AvgIpc) is 2.17. The molecule has 0 spiro atoms. The molecule has 0 atom stereocenters. The standard InChI is InChI=1S/C7H7.C5H8NO.U/c1-7-5-3-2-4-6-7;1-5(7)3-4-6-2;/h2-6H,1H2;4H,1,3H2,2H3;/q2*-1;+2. The summed E-state index contributed by atoms with van der Waals surface area (Å²) in [6.07, 6.45) is 1.89. The van der Waals surface area contributed by atoms with Crippen LogP contribution in [0.2, 0.25) is 0 Å². The summed E-state index contributed by atoms with van der Waals surface area (Å²) < 4.78 is 0. The van der Waals surface area contributed by atoms with E-state index in [1.165, 1.54) is 6.21 Å². The normalized spacial score (nSPS) is 8.60. The molecular formula is C12H15NOU. The number of aliphatic imine (C=N–C) groups is 1. The van der Waals surface area contributed by atoms with E-state index in [-0.39, 0.29) is 36.9 Å². The third-order valence-electron chi connectivity index (χ3n) is 1.34. The van der Waals surface area contributed by atoms with Crippen molar-refractivity contribution in [2.45, 2.75) is 6.42 Å². The molecule has 0 amide bonds. The molecule has 0 saturated carbocycles. The largest absolute Gasteiger partial charge is 2.00 e. The molecule has 0 aliphatic carbocycles. The number of rotatable bonds is 2. The molecule has 2 nitrogen and oxygen atoms in total. The van der Waals surface area contributed by atoms with E-state index in [1.807, 2.05) is 30.3 Å². The minimum Gasteiger partial charge on any atom is -0.339 e. The maximum atomic E-state index is 10.0. The molecule has 0 aliphatic rings. The molecule has 0 bridgehead atoms. The number of carbonyl (C=O) groups excluding carboxylic acids is 1. The Morgan fingerprint density at radius 1 is 1.40 bits per heavy atom. The Morgan fingerprint density at radius 3 is 2.13 bits per heavy atom. The van der Waals surface area contributed by atoms with Crippen LogP contribution in [0.15, 0.2) is 35.3 Å². The summed E-state index contributed by atoms with van der Waals surface area (Å²) in [4.78, 5) is 13.6. The summed E-state index contributed by atoms with van der Waals surface area (Å²) in [5, 5.41) is 0. The zero-order valence-corrected chi connectivity index (χ0v) is 13.1. The minimum absolute atomic E-state index is 0. The van der Waals surface area contributed by atoms with Gasteiger partial charge in [-0.3, -0.25) is 0 Å². The fourth-order valence-electron chi connectivity index (χ4n) is 0.671. The third kappa shape index (κ3) is 13.4. The van der Waals surface area contributed by atoms with Crippen molar-refractivity contribution in [2.75, 3.05) is 7.05 Å². The van der Waals surface area contributed by atoms with E-state index >= 15 is 0 Å². The van der Waals surface area contributed by atoms with Crippen LogP contribution in [0.4, 0.5) is 0 Å². The van der Waals surface area contributed by atoms with Crippen LogP contribution in [-0.4, -0.2) is 19.0 Å². The molecule has 78 valence electrons.